The zero-order valence-electron chi connectivity index (χ0n) is 13.4. The van der Waals surface area contributed by atoms with E-state index in [1.54, 1.807) is 24.3 Å². The van der Waals surface area contributed by atoms with Crippen LogP contribution >= 0.6 is 0 Å². The highest BCUT2D eigenvalue weighted by atomic mass is 16.5. The van der Waals surface area contributed by atoms with Crippen molar-refractivity contribution in [2.45, 2.75) is 12.5 Å². The predicted molar refractivity (Wildman–Crippen MR) is 87.0 cm³/mol. The van der Waals surface area contributed by atoms with E-state index in [2.05, 4.69) is 11.9 Å². The molecule has 2 N–H and O–H groups in total. The van der Waals surface area contributed by atoms with Gasteiger partial charge < -0.3 is 15.2 Å². The number of carbonyl (C=O) groups is 4. The minimum absolute atomic E-state index is 0.127. The standard InChI is InChI=1S/C17H18N2O6/c1-2-9-25-10-13(17(23)24)18-14(20)7-8-19-15(21)11-5-3-4-6-12(11)16(19)22/h2-6,13H,1,7-10H2,(H,18,20)(H,23,24). The second-order valence-corrected chi connectivity index (χ2v) is 5.34. The number of ether oxygens (including phenoxy) is 1. The number of fused-ring (bicyclic) bond motifs is 1. The number of rotatable bonds is 9. The fraction of sp³-hybridized carbons (Fsp3) is 0.294. The molecule has 3 amide bonds. The van der Waals surface area contributed by atoms with E-state index in [1.807, 2.05) is 0 Å². The van der Waals surface area contributed by atoms with Gasteiger partial charge in [-0.2, -0.15) is 0 Å². The van der Waals surface area contributed by atoms with Crippen LogP contribution in [0.15, 0.2) is 36.9 Å². The Hall–Kier alpha value is -3.00. The number of carboxylic acids is 1. The SMILES string of the molecule is C=CCOCC(NC(=O)CCN1C(=O)c2ccccc2C1=O)C(=O)O. The molecule has 0 bridgehead atoms. The van der Waals surface area contributed by atoms with Crippen LogP contribution in [-0.4, -0.2) is 59.5 Å². The molecule has 25 heavy (non-hydrogen) atoms. The maximum atomic E-state index is 12.2. The van der Waals surface area contributed by atoms with Crippen molar-refractivity contribution in [1.29, 1.82) is 0 Å². The van der Waals surface area contributed by atoms with Crippen molar-refractivity contribution in [2.75, 3.05) is 19.8 Å². The van der Waals surface area contributed by atoms with E-state index in [-0.39, 0.29) is 26.2 Å². The van der Waals surface area contributed by atoms with E-state index in [9.17, 15) is 19.2 Å². The van der Waals surface area contributed by atoms with Crippen molar-refractivity contribution in [3.63, 3.8) is 0 Å². The normalized spacial score (nSPS) is 14.2. The van der Waals surface area contributed by atoms with Gasteiger partial charge in [0.1, 0.15) is 0 Å². The smallest absolute Gasteiger partial charge is 0.328 e. The summed E-state index contributed by atoms with van der Waals surface area (Å²) >= 11 is 0. The molecule has 0 aliphatic carbocycles. The highest BCUT2D eigenvalue weighted by Crippen LogP contribution is 2.22. The Morgan fingerprint density at radius 2 is 1.84 bits per heavy atom. The summed E-state index contributed by atoms with van der Waals surface area (Å²) in [6, 6.07) is 5.19. The van der Waals surface area contributed by atoms with E-state index in [1.165, 1.54) is 6.08 Å². The number of nitrogens with zero attached hydrogens (tertiary/aromatic N) is 1. The fourth-order valence-electron chi connectivity index (χ4n) is 2.37. The number of amides is 3. The van der Waals surface area contributed by atoms with Gasteiger partial charge in [0.05, 0.1) is 24.3 Å². The third-order valence-electron chi connectivity index (χ3n) is 3.59. The van der Waals surface area contributed by atoms with Gasteiger partial charge in [-0.05, 0) is 12.1 Å². The van der Waals surface area contributed by atoms with Crippen LogP contribution in [0.5, 0.6) is 0 Å². The zero-order chi connectivity index (χ0) is 18.4. The fourth-order valence-corrected chi connectivity index (χ4v) is 2.37. The Kier molecular flexibility index (Phi) is 6.02. The number of aliphatic carboxylic acids is 1. The summed E-state index contributed by atoms with van der Waals surface area (Å²) < 4.78 is 5.03. The van der Waals surface area contributed by atoms with Crippen LogP contribution in [0.25, 0.3) is 0 Å². The van der Waals surface area contributed by atoms with Crippen molar-refractivity contribution in [3.05, 3.63) is 48.0 Å². The number of hydrogen-bond acceptors (Lipinski definition) is 5. The topological polar surface area (TPSA) is 113 Å². The molecule has 0 spiro atoms. The third-order valence-corrected chi connectivity index (χ3v) is 3.59. The van der Waals surface area contributed by atoms with Gasteiger partial charge in [-0.15, -0.1) is 6.58 Å². The van der Waals surface area contributed by atoms with Crippen LogP contribution < -0.4 is 5.32 Å². The average Bonchev–Trinajstić information content (AvgIpc) is 2.83. The summed E-state index contributed by atoms with van der Waals surface area (Å²) in [5.41, 5.74) is 0.600. The van der Waals surface area contributed by atoms with Gasteiger partial charge in [0.15, 0.2) is 6.04 Å². The van der Waals surface area contributed by atoms with Crippen molar-refractivity contribution in [1.82, 2.24) is 10.2 Å². The Labute approximate surface area is 144 Å². The largest absolute Gasteiger partial charge is 0.480 e. The van der Waals surface area contributed by atoms with Gasteiger partial charge in [0.25, 0.3) is 11.8 Å². The molecule has 8 heteroatoms. The maximum absolute atomic E-state index is 12.2. The molecule has 2 rings (SSSR count). The molecule has 0 saturated heterocycles. The molecule has 0 aromatic heterocycles. The van der Waals surface area contributed by atoms with Crippen molar-refractivity contribution >= 4 is 23.7 Å². The summed E-state index contributed by atoms with van der Waals surface area (Å²) in [5, 5.41) is 11.4. The molecule has 1 aliphatic rings. The van der Waals surface area contributed by atoms with Gasteiger partial charge in [-0.3, -0.25) is 19.3 Å². The second kappa shape index (κ2) is 8.20. The van der Waals surface area contributed by atoms with Gasteiger partial charge in [0, 0.05) is 13.0 Å². The first-order valence-electron chi connectivity index (χ1n) is 7.61. The zero-order valence-corrected chi connectivity index (χ0v) is 13.4. The number of nitrogens with one attached hydrogen (secondary N) is 1. The third kappa shape index (κ3) is 4.30. The molecule has 1 unspecified atom stereocenters. The Morgan fingerprint density at radius 3 is 2.36 bits per heavy atom. The lowest BCUT2D eigenvalue weighted by Crippen LogP contribution is -2.45. The van der Waals surface area contributed by atoms with Crippen LogP contribution in [0.3, 0.4) is 0 Å². The van der Waals surface area contributed by atoms with E-state index in [4.69, 9.17) is 9.84 Å². The maximum Gasteiger partial charge on any atom is 0.328 e. The average molecular weight is 346 g/mol. The van der Waals surface area contributed by atoms with Gasteiger partial charge in [-0.1, -0.05) is 18.2 Å². The molecule has 0 radical (unpaired) electrons. The van der Waals surface area contributed by atoms with Gasteiger partial charge in [-0.25, -0.2) is 4.79 Å². The number of hydrogen-bond donors (Lipinski definition) is 2. The summed E-state index contributed by atoms with van der Waals surface area (Å²) in [6.45, 7) is 3.27. The number of carbonyl (C=O) groups excluding carboxylic acids is 3. The molecule has 132 valence electrons. The molecule has 8 nitrogen and oxygen atoms in total. The van der Waals surface area contributed by atoms with E-state index < -0.39 is 29.7 Å². The molecule has 0 saturated carbocycles. The van der Waals surface area contributed by atoms with Crippen LogP contribution in [0.1, 0.15) is 27.1 Å². The Morgan fingerprint density at radius 1 is 1.24 bits per heavy atom. The summed E-state index contributed by atoms with van der Waals surface area (Å²) in [5.74, 6) is -2.75. The first kappa shape index (κ1) is 18.3. The highest BCUT2D eigenvalue weighted by molar-refractivity contribution is 6.21. The van der Waals surface area contributed by atoms with Crippen LogP contribution in [0, 0.1) is 0 Å². The van der Waals surface area contributed by atoms with E-state index in [0.717, 1.165) is 4.90 Å². The second-order valence-electron chi connectivity index (χ2n) is 5.34. The molecule has 1 heterocycles. The predicted octanol–water partition coefficient (Wildman–Crippen LogP) is 0.445. The molecular weight excluding hydrogens is 328 g/mol. The molecule has 1 aromatic carbocycles. The number of benzene rings is 1. The summed E-state index contributed by atoms with van der Waals surface area (Å²) in [4.78, 5) is 48.4. The van der Waals surface area contributed by atoms with Crippen LogP contribution in [-0.2, 0) is 14.3 Å². The summed E-state index contributed by atoms with van der Waals surface area (Å²) in [7, 11) is 0. The van der Waals surface area contributed by atoms with Crippen LogP contribution in [0.2, 0.25) is 0 Å². The molecule has 1 atom stereocenters. The molecule has 1 aromatic rings. The quantitative estimate of drug-likeness (QED) is 0.381. The minimum Gasteiger partial charge on any atom is -0.480 e. The Balaban J connectivity index is 1.89. The molecule has 1 aliphatic heterocycles. The number of carboxylic acid groups (broad SMARTS) is 1. The highest BCUT2D eigenvalue weighted by Gasteiger charge is 2.35. The van der Waals surface area contributed by atoms with Crippen molar-refractivity contribution < 1.29 is 29.0 Å². The first-order valence-corrected chi connectivity index (χ1v) is 7.61. The van der Waals surface area contributed by atoms with Crippen molar-refractivity contribution in [3.8, 4) is 0 Å². The lowest BCUT2D eigenvalue weighted by atomic mass is 10.1. The lowest BCUT2D eigenvalue weighted by Gasteiger charge is -2.16. The van der Waals surface area contributed by atoms with Gasteiger partial charge >= 0.3 is 5.97 Å². The van der Waals surface area contributed by atoms with E-state index >= 15 is 0 Å². The van der Waals surface area contributed by atoms with Crippen LogP contribution in [0.4, 0.5) is 0 Å². The Bertz CT molecular complexity index is 680. The van der Waals surface area contributed by atoms with Crippen molar-refractivity contribution in [2.24, 2.45) is 0 Å². The van der Waals surface area contributed by atoms with Gasteiger partial charge in [0.2, 0.25) is 5.91 Å². The number of imide groups is 1. The monoisotopic (exact) mass is 346 g/mol. The molecule has 0 fully saturated rings. The first-order chi connectivity index (χ1) is 12.0. The molecular formula is C17H18N2O6. The van der Waals surface area contributed by atoms with E-state index in [0.29, 0.717) is 11.1 Å². The summed E-state index contributed by atoms with van der Waals surface area (Å²) in [6.07, 6.45) is 1.26. The lowest BCUT2D eigenvalue weighted by molar-refractivity contribution is -0.143. The minimum atomic E-state index is -1.24.